The van der Waals surface area contributed by atoms with Crippen LogP contribution in [0.5, 0.6) is 11.5 Å². The number of ether oxygens (including phenoxy) is 2. The van der Waals surface area contributed by atoms with E-state index in [2.05, 4.69) is 15.6 Å². The average Bonchev–Trinajstić information content (AvgIpc) is 2.78. The van der Waals surface area contributed by atoms with Gasteiger partial charge in [-0.1, -0.05) is 18.2 Å². The standard InChI is InChI=1S/C22H21N3O4S/c1-28-17-9-6-10-18(29-2)21(17)22(27)24-15-7-5-8-16(13-15)30-14-20(26)25-19-11-3-4-12-23-19/h3-13H,14H2,1-2H3,(H,24,27)(H,23,25,26). The quantitative estimate of drug-likeness (QED) is 0.531. The first kappa shape index (κ1) is 21.2. The van der Waals surface area contributed by atoms with E-state index >= 15 is 0 Å². The highest BCUT2D eigenvalue weighted by Crippen LogP contribution is 2.29. The molecule has 154 valence electrons. The van der Waals surface area contributed by atoms with Crippen molar-refractivity contribution in [3.8, 4) is 11.5 Å². The average molecular weight is 423 g/mol. The fraction of sp³-hybridized carbons (Fsp3) is 0.136. The number of thioether (sulfide) groups is 1. The topological polar surface area (TPSA) is 89.5 Å². The Hall–Kier alpha value is -3.52. The van der Waals surface area contributed by atoms with E-state index in [1.807, 2.05) is 12.1 Å². The molecule has 0 aliphatic rings. The van der Waals surface area contributed by atoms with Crippen LogP contribution in [0.15, 0.2) is 71.8 Å². The van der Waals surface area contributed by atoms with E-state index in [0.29, 0.717) is 28.6 Å². The molecule has 0 atom stereocenters. The number of carbonyl (C=O) groups is 2. The van der Waals surface area contributed by atoms with Crippen LogP contribution in [0.25, 0.3) is 0 Å². The third-order valence-electron chi connectivity index (χ3n) is 4.05. The summed E-state index contributed by atoms with van der Waals surface area (Å²) in [7, 11) is 3.00. The second-order valence-electron chi connectivity index (χ2n) is 6.07. The van der Waals surface area contributed by atoms with E-state index in [4.69, 9.17) is 9.47 Å². The van der Waals surface area contributed by atoms with E-state index < -0.39 is 0 Å². The van der Waals surface area contributed by atoms with Gasteiger partial charge in [0.2, 0.25) is 5.91 Å². The van der Waals surface area contributed by atoms with Crippen LogP contribution in [0.1, 0.15) is 10.4 Å². The zero-order chi connectivity index (χ0) is 21.3. The van der Waals surface area contributed by atoms with Gasteiger partial charge in [-0.15, -0.1) is 11.8 Å². The number of benzene rings is 2. The van der Waals surface area contributed by atoms with Crippen molar-refractivity contribution in [1.29, 1.82) is 0 Å². The third kappa shape index (κ3) is 5.51. The molecule has 3 aromatic rings. The monoisotopic (exact) mass is 423 g/mol. The number of aromatic nitrogens is 1. The highest BCUT2D eigenvalue weighted by molar-refractivity contribution is 8.00. The minimum Gasteiger partial charge on any atom is -0.496 e. The molecule has 2 aromatic carbocycles. The maximum atomic E-state index is 12.8. The molecule has 0 bridgehead atoms. The number of rotatable bonds is 8. The van der Waals surface area contributed by atoms with Crippen molar-refractivity contribution in [2.24, 2.45) is 0 Å². The molecule has 8 heteroatoms. The van der Waals surface area contributed by atoms with Crippen LogP contribution < -0.4 is 20.1 Å². The number of amides is 2. The highest BCUT2D eigenvalue weighted by atomic mass is 32.2. The van der Waals surface area contributed by atoms with Gasteiger partial charge in [0, 0.05) is 16.8 Å². The zero-order valence-electron chi connectivity index (χ0n) is 16.5. The Morgan fingerprint density at radius 3 is 2.33 bits per heavy atom. The van der Waals surface area contributed by atoms with Crippen LogP contribution in [0.4, 0.5) is 11.5 Å². The first-order valence-corrected chi connectivity index (χ1v) is 10.1. The van der Waals surface area contributed by atoms with Gasteiger partial charge in [0.15, 0.2) is 0 Å². The molecule has 7 nitrogen and oxygen atoms in total. The molecule has 0 unspecified atom stereocenters. The number of methoxy groups -OCH3 is 2. The number of nitrogens with one attached hydrogen (secondary N) is 2. The van der Waals surface area contributed by atoms with Crippen molar-refractivity contribution in [3.05, 3.63) is 72.4 Å². The second kappa shape index (κ2) is 10.3. The largest absolute Gasteiger partial charge is 0.496 e. The van der Waals surface area contributed by atoms with Crippen molar-refractivity contribution in [1.82, 2.24) is 4.98 Å². The van der Waals surface area contributed by atoms with Crippen LogP contribution in [0.3, 0.4) is 0 Å². The SMILES string of the molecule is COc1cccc(OC)c1C(=O)Nc1cccc(SCC(=O)Nc2ccccn2)c1. The van der Waals surface area contributed by atoms with E-state index in [1.54, 1.807) is 54.7 Å². The summed E-state index contributed by atoms with van der Waals surface area (Å²) in [5, 5.41) is 5.59. The van der Waals surface area contributed by atoms with Gasteiger partial charge in [0.25, 0.3) is 5.91 Å². The molecule has 0 saturated carbocycles. The maximum Gasteiger partial charge on any atom is 0.263 e. The predicted molar refractivity (Wildman–Crippen MR) is 118 cm³/mol. The van der Waals surface area contributed by atoms with Gasteiger partial charge in [-0.2, -0.15) is 0 Å². The summed E-state index contributed by atoms with van der Waals surface area (Å²) < 4.78 is 10.6. The van der Waals surface area contributed by atoms with Gasteiger partial charge in [-0.05, 0) is 42.5 Å². The molecule has 2 N–H and O–H groups in total. The Morgan fingerprint density at radius 1 is 0.933 bits per heavy atom. The molecule has 2 amide bonds. The fourth-order valence-corrected chi connectivity index (χ4v) is 3.45. The van der Waals surface area contributed by atoms with E-state index in [0.717, 1.165) is 4.90 Å². The molecule has 0 fully saturated rings. The Balaban J connectivity index is 1.64. The summed E-state index contributed by atoms with van der Waals surface area (Å²) in [6.07, 6.45) is 1.62. The Bertz CT molecular complexity index is 1010. The smallest absolute Gasteiger partial charge is 0.263 e. The Labute approximate surface area is 178 Å². The number of hydrogen-bond donors (Lipinski definition) is 2. The lowest BCUT2D eigenvalue weighted by Gasteiger charge is -2.13. The summed E-state index contributed by atoms with van der Waals surface area (Å²) in [6.45, 7) is 0. The molecule has 0 radical (unpaired) electrons. The molecule has 1 heterocycles. The highest BCUT2D eigenvalue weighted by Gasteiger charge is 2.18. The lowest BCUT2D eigenvalue weighted by molar-refractivity contribution is -0.113. The van der Waals surface area contributed by atoms with Crippen molar-refractivity contribution in [2.75, 3.05) is 30.6 Å². The summed E-state index contributed by atoms with van der Waals surface area (Å²) >= 11 is 1.36. The number of anilines is 2. The number of nitrogens with zero attached hydrogens (tertiary/aromatic N) is 1. The minimum absolute atomic E-state index is 0.160. The van der Waals surface area contributed by atoms with Gasteiger partial charge in [0.05, 0.1) is 20.0 Å². The first-order chi connectivity index (χ1) is 14.6. The molecular weight excluding hydrogens is 402 g/mol. The molecular formula is C22H21N3O4S. The summed E-state index contributed by atoms with van der Waals surface area (Å²) in [4.78, 5) is 29.8. The molecule has 0 spiro atoms. The molecule has 0 aliphatic heterocycles. The third-order valence-corrected chi connectivity index (χ3v) is 5.04. The summed E-state index contributed by atoms with van der Waals surface area (Å²) in [5.41, 5.74) is 0.915. The van der Waals surface area contributed by atoms with Gasteiger partial charge >= 0.3 is 0 Å². The normalized spacial score (nSPS) is 10.2. The van der Waals surface area contributed by atoms with E-state index in [-0.39, 0.29) is 17.6 Å². The molecule has 1 aromatic heterocycles. The maximum absolute atomic E-state index is 12.8. The predicted octanol–water partition coefficient (Wildman–Crippen LogP) is 4.08. The molecule has 3 rings (SSSR count). The fourth-order valence-electron chi connectivity index (χ4n) is 2.70. The number of hydrogen-bond acceptors (Lipinski definition) is 6. The van der Waals surface area contributed by atoms with E-state index in [9.17, 15) is 9.59 Å². The minimum atomic E-state index is -0.348. The van der Waals surface area contributed by atoms with Gasteiger partial charge in [-0.3, -0.25) is 9.59 Å². The van der Waals surface area contributed by atoms with Crippen molar-refractivity contribution >= 4 is 35.1 Å². The van der Waals surface area contributed by atoms with Crippen LogP contribution in [-0.2, 0) is 4.79 Å². The summed E-state index contributed by atoms with van der Waals surface area (Å²) in [5.74, 6) is 1.06. The van der Waals surface area contributed by atoms with Gasteiger partial charge in [-0.25, -0.2) is 4.98 Å². The lowest BCUT2D eigenvalue weighted by Crippen LogP contribution is -2.15. The van der Waals surface area contributed by atoms with Crippen LogP contribution >= 0.6 is 11.8 Å². The number of pyridine rings is 1. The van der Waals surface area contributed by atoms with E-state index in [1.165, 1.54) is 26.0 Å². The second-order valence-corrected chi connectivity index (χ2v) is 7.12. The van der Waals surface area contributed by atoms with Crippen LogP contribution in [0.2, 0.25) is 0 Å². The van der Waals surface area contributed by atoms with Crippen LogP contribution in [-0.4, -0.2) is 36.8 Å². The van der Waals surface area contributed by atoms with Crippen molar-refractivity contribution < 1.29 is 19.1 Å². The first-order valence-electron chi connectivity index (χ1n) is 9.07. The Morgan fingerprint density at radius 2 is 1.67 bits per heavy atom. The van der Waals surface area contributed by atoms with Crippen molar-refractivity contribution in [3.63, 3.8) is 0 Å². The Kier molecular flexibility index (Phi) is 7.29. The molecule has 0 saturated heterocycles. The number of carbonyl (C=O) groups excluding carboxylic acids is 2. The van der Waals surface area contributed by atoms with Gasteiger partial charge < -0.3 is 20.1 Å². The summed E-state index contributed by atoms with van der Waals surface area (Å²) in [6, 6.07) is 17.7. The molecule has 0 aliphatic carbocycles. The lowest BCUT2D eigenvalue weighted by atomic mass is 10.1. The van der Waals surface area contributed by atoms with Crippen molar-refractivity contribution in [2.45, 2.75) is 4.90 Å². The zero-order valence-corrected chi connectivity index (χ0v) is 17.4. The molecule has 30 heavy (non-hydrogen) atoms. The van der Waals surface area contributed by atoms with Gasteiger partial charge in [0.1, 0.15) is 22.9 Å². The van der Waals surface area contributed by atoms with Crippen LogP contribution in [0, 0.1) is 0 Å².